The molecule has 0 radical (unpaired) electrons. The van der Waals surface area contributed by atoms with Crippen LogP contribution in [0.25, 0.3) is 0 Å². The number of amides is 1. The Morgan fingerprint density at radius 3 is 2.74 bits per heavy atom. The largest absolute Gasteiger partial charge is 0.490 e. The Bertz CT molecular complexity index is 983. The van der Waals surface area contributed by atoms with Gasteiger partial charge in [0.05, 0.1) is 12.1 Å². The van der Waals surface area contributed by atoms with Gasteiger partial charge in [0.15, 0.2) is 11.6 Å². The molecule has 1 fully saturated rings. The second-order valence-corrected chi connectivity index (χ2v) is 7.11. The fourth-order valence-corrected chi connectivity index (χ4v) is 4.19. The van der Waals surface area contributed by atoms with E-state index in [1.54, 1.807) is 0 Å². The number of nitrogens with zero attached hydrogens (tertiary/aromatic N) is 3. The van der Waals surface area contributed by atoms with Crippen molar-refractivity contribution < 1.29 is 9.53 Å². The van der Waals surface area contributed by atoms with E-state index < -0.39 is 5.66 Å². The first-order valence-electron chi connectivity index (χ1n) is 8.67. The molecule has 27 heavy (non-hydrogen) atoms. The van der Waals surface area contributed by atoms with Gasteiger partial charge in [-0.05, 0) is 31.7 Å². The monoisotopic (exact) mass is 390 g/mol. The Balaban J connectivity index is 1.85. The summed E-state index contributed by atoms with van der Waals surface area (Å²) in [5.74, 6) is 0.283. The minimum absolute atomic E-state index is 0.142. The first-order valence-corrected chi connectivity index (χ1v) is 9.05. The fraction of sp³-hybridized carbons (Fsp3) is 0.412. The maximum atomic E-state index is 13.3. The molecular formula is C17H19ClN6O3. The van der Waals surface area contributed by atoms with E-state index in [-0.39, 0.29) is 45.3 Å². The number of hydrogen-bond acceptors (Lipinski definition) is 7. The number of nitrogens with two attached hydrogens (primary N) is 1. The second-order valence-electron chi connectivity index (χ2n) is 6.71. The maximum Gasteiger partial charge on any atom is 0.276 e. The number of pyridine rings is 1. The molecule has 2 aliphatic rings. The molecule has 0 bridgehead atoms. The zero-order chi connectivity index (χ0) is 19.2. The van der Waals surface area contributed by atoms with Crippen LogP contribution < -0.4 is 26.7 Å². The van der Waals surface area contributed by atoms with Crippen LogP contribution in [0.1, 0.15) is 42.6 Å². The van der Waals surface area contributed by atoms with Gasteiger partial charge in [0, 0.05) is 0 Å². The Morgan fingerprint density at radius 1 is 1.30 bits per heavy atom. The molecule has 1 spiro atoms. The van der Waals surface area contributed by atoms with Crippen molar-refractivity contribution in [1.82, 2.24) is 19.9 Å². The van der Waals surface area contributed by atoms with E-state index in [0.717, 1.165) is 19.3 Å². The highest BCUT2D eigenvalue weighted by atomic mass is 35.5. The van der Waals surface area contributed by atoms with E-state index >= 15 is 0 Å². The van der Waals surface area contributed by atoms with Crippen molar-refractivity contribution >= 4 is 34.8 Å². The number of carbonyl (C=O) groups is 1. The van der Waals surface area contributed by atoms with Gasteiger partial charge in [-0.15, -0.1) is 0 Å². The van der Waals surface area contributed by atoms with Crippen molar-refractivity contribution in [3.05, 3.63) is 33.5 Å². The molecule has 0 unspecified atom stereocenters. The number of nitrogen functional groups attached to an aromatic ring is 1. The molecule has 3 heterocycles. The van der Waals surface area contributed by atoms with E-state index in [1.807, 2.05) is 0 Å². The number of methoxy groups -OCH3 is 1. The van der Waals surface area contributed by atoms with Crippen LogP contribution in [0, 0.1) is 0 Å². The molecule has 1 amide bonds. The van der Waals surface area contributed by atoms with E-state index in [0.29, 0.717) is 12.8 Å². The van der Waals surface area contributed by atoms with Crippen LogP contribution >= 0.6 is 11.6 Å². The Morgan fingerprint density at radius 2 is 2.04 bits per heavy atom. The maximum absolute atomic E-state index is 13.3. The Kier molecular flexibility index (Phi) is 4.18. The third-order valence-corrected chi connectivity index (χ3v) is 5.40. The topological polar surface area (TPSA) is 124 Å². The molecule has 4 N–H and O–H groups in total. The van der Waals surface area contributed by atoms with Gasteiger partial charge in [0.2, 0.25) is 5.75 Å². The smallest absolute Gasteiger partial charge is 0.276 e. The van der Waals surface area contributed by atoms with Gasteiger partial charge >= 0.3 is 0 Å². The summed E-state index contributed by atoms with van der Waals surface area (Å²) in [5.41, 5.74) is 5.10. The summed E-state index contributed by atoms with van der Waals surface area (Å²) in [5, 5.41) is 6.10. The van der Waals surface area contributed by atoms with Gasteiger partial charge in [0.25, 0.3) is 11.5 Å². The summed E-state index contributed by atoms with van der Waals surface area (Å²) >= 11 is 6.37. The normalized spacial score (nSPS) is 17.5. The van der Waals surface area contributed by atoms with Gasteiger partial charge in [-0.2, -0.15) is 0 Å². The predicted molar refractivity (Wildman–Crippen MR) is 101 cm³/mol. The Labute approximate surface area is 159 Å². The molecule has 142 valence electrons. The molecule has 1 aliphatic heterocycles. The highest BCUT2D eigenvalue weighted by molar-refractivity contribution is 6.34. The molecule has 2 aromatic rings. The lowest BCUT2D eigenvalue weighted by atomic mass is 9.89. The number of anilines is 3. The van der Waals surface area contributed by atoms with Crippen molar-refractivity contribution in [2.24, 2.45) is 0 Å². The van der Waals surface area contributed by atoms with Gasteiger partial charge in [-0.3, -0.25) is 14.2 Å². The molecule has 0 atom stereocenters. The summed E-state index contributed by atoms with van der Waals surface area (Å²) in [4.78, 5) is 33.7. The third-order valence-electron chi connectivity index (χ3n) is 5.11. The van der Waals surface area contributed by atoms with Crippen molar-refractivity contribution in [3.63, 3.8) is 0 Å². The van der Waals surface area contributed by atoms with Crippen LogP contribution in [0.15, 0.2) is 17.2 Å². The first kappa shape index (κ1) is 17.6. The van der Waals surface area contributed by atoms with Gasteiger partial charge < -0.3 is 21.1 Å². The average Bonchev–Trinajstić information content (AvgIpc) is 2.92. The number of halogens is 1. The highest BCUT2D eigenvalue weighted by Gasteiger charge is 2.45. The fourth-order valence-electron chi connectivity index (χ4n) is 3.91. The number of aromatic nitrogens is 3. The van der Waals surface area contributed by atoms with Gasteiger partial charge in [0.1, 0.15) is 23.4 Å². The molecule has 1 aliphatic carbocycles. The lowest BCUT2D eigenvalue weighted by molar-refractivity contribution is 0.0877. The second kappa shape index (κ2) is 6.41. The van der Waals surface area contributed by atoms with Crippen molar-refractivity contribution in [1.29, 1.82) is 0 Å². The standard InChI is InChI=1S/C17H19ClN6O3/c1-27-12-13(19)20-8-21-14(12)22-10-7-9(18)11-15(25)23-17(24(11)16(10)26)5-3-2-4-6-17/h7-8H,2-6H2,1H3,(H,23,25)(H3,19,20,21,22). The average molecular weight is 391 g/mol. The zero-order valence-corrected chi connectivity index (χ0v) is 15.5. The quantitative estimate of drug-likeness (QED) is 0.731. The number of fused-ring (bicyclic) bond motifs is 2. The number of carbonyl (C=O) groups excluding carboxylic acids is 1. The van der Waals surface area contributed by atoms with Crippen molar-refractivity contribution in [2.45, 2.75) is 37.8 Å². The molecule has 0 aromatic carbocycles. The molecule has 2 aromatic heterocycles. The van der Waals surface area contributed by atoms with Gasteiger partial charge in [-0.1, -0.05) is 18.0 Å². The number of rotatable bonds is 3. The third kappa shape index (κ3) is 2.69. The summed E-state index contributed by atoms with van der Waals surface area (Å²) < 4.78 is 6.71. The lowest BCUT2D eigenvalue weighted by Crippen LogP contribution is -2.48. The van der Waals surface area contributed by atoms with Crippen LogP contribution in [0.4, 0.5) is 17.3 Å². The van der Waals surface area contributed by atoms with E-state index in [9.17, 15) is 9.59 Å². The number of hydrogen-bond donors (Lipinski definition) is 3. The summed E-state index contributed by atoms with van der Waals surface area (Å²) in [7, 11) is 1.43. The Hall–Kier alpha value is -2.81. The van der Waals surface area contributed by atoms with Crippen LogP contribution in [0.3, 0.4) is 0 Å². The molecular weight excluding hydrogens is 372 g/mol. The minimum Gasteiger partial charge on any atom is -0.490 e. The number of ether oxygens (including phenoxy) is 1. The molecule has 4 rings (SSSR count). The van der Waals surface area contributed by atoms with Crippen LogP contribution in [0.2, 0.25) is 5.02 Å². The van der Waals surface area contributed by atoms with Crippen LogP contribution in [-0.4, -0.2) is 27.6 Å². The van der Waals surface area contributed by atoms with Crippen LogP contribution in [0.5, 0.6) is 5.75 Å². The van der Waals surface area contributed by atoms with E-state index in [4.69, 9.17) is 22.1 Å². The summed E-state index contributed by atoms with van der Waals surface area (Å²) in [6, 6.07) is 1.43. The van der Waals surface area contributed by atoms with Crippen molar-refractivity contribution in [3.8, 4) is 5.75 Å². The highest BCUT2D eigenvalue weighted by Crippen LogP contribution is 2.39. The van der Waals surface area contributed by atoms with Gasteiger partial charge in [-0.25, -0.2) is 9.97 Å². The minimum atomic E-state index is -0.724. The molecule has 1 saturated carbocycles. The number of nitrogens with one attached hydrogen (secondary N) is 2. The van der Waals surface area contributed by atoms with E-state index in [1.165, 1.54) is 24.1 Å². The SMILES string of the molecule is COc1c(N)ncnc1Nc1cc(Cl)c2n(c1=O)C1(CCCCC1)NC2=O. The lowest BCUT2D eigenvalue weighted by Gasteiger charge is -2.35. The molecule has 9 nitrogen and oxygen atoms in total. The predicted octanol–water partition coefficient (Wildman–Crippen LogP) is 1.99. The van der Waals surface area contributed by atoms with Crippen LogP contribution in [-0.2, 0) is 5.66 Å². The molecule has 10 heteroatoms. The summed E-state index contributed by atoms with van der Waals surface area (Å²) in [6.07, 6.45) is 5.57. The zero-order valence-electron chi connectivity index (χ0n) is 14.7. The van der Waals surface area contributed by atoms with E-state index in [2.05, 4.69) is 20.6 Å². The molecule has 0 saturated heterocycles. The van der Waals surface area contributed by atoms with Crippen molar-refractivity contribution in [2.75, 3.05) is 18.2 Å². The first-order chi connectivity index (χ1) is 13.0. The summed E-state index contributed by atoms with van der Waals surface area (Å²) in [6.45, 7) is 0.